The van der Waals surface area contributed by atoms with Crippen molar-refractivity contribution in [3.63, 3.8) is 0 Å². The number of anilines is 2. The average molecular weight is 440 g/mol. The number of carbonyl (C=O) groups is 1. The first-order chi connectivity index (χ1) is 15.3. The van der Waals surface area contributed by atoms with Crippen LogP contribution in [0.3, 0.4) is 0 Å². The van der Waals surface area contributed by atoms with Gasteiger partial charge in [-0.05, 0) is 36.6 Å². The van der Waals surface area contributed by atoms with E-state index in [-0.39, 0.29) is 17.2 Å². The van der Waals surface area contributed by atoms with E-state index in [2.05, 4.69) is 22.1 Å². The molecule has 1 aliphatic rings. The minimum absolute atomic E-state index is 0.000239. The fourth-order valence-electron chi connectivity index (χ4n) is 4.20. The highest BCUT2D eigenvalue weighted by Gasteiger charge is 2.25. The number of carbonyl (C=O) groups excluding carboxylic acids is 1. The van der Waals surface area contributed by atoms with Crippen molar-refractivity contribution in [1.29, 1.82) is 0 Å². The lowest BCUT2D eigenvalue weighted by Crippen LogP contribution is -2.46. The van der Waals surface area contributed by atoms with Crippen molar-refractivity contribution in [2.24, 2.45) is 11.7 Å². The average Bonchev–Trinajstić information content (AvgIpc) is 2.74. The van der Waals surface area contributed by atoms with Gasteiger partial charge in [-0.2, -0.15) is 0 Å². The standard InChI is InChI=1S/C24H23F3N4O/c1-14-10-15(28)13-31(12-14)21-8-9-29-11-20(21)30-24(32)17-5-2-4-16(23(17)27)22-18(25)6-3-7-19(22)26/h2-9,11,14-15H,10,12-13,28H2,1H3,(H,30,32)/t14-,15+/m1/s1. The first-order valence-corrected chi connectivity index (χ1v) is 10.3. The molecule has 166 valence electrons. The molecule has 5 nitrogen and oxygen atoms in total. The van der Waals surface area contributed by atoms with E-state index in [1.54, 1.807) is 12.3 Å². The summed E-state index contributed by atoms with van der Waals surface area (Å²) in [7, 11) is 0. The Balaban J connectivity index is 1.65. The van der Waals surface area contributed by atoms with E-state index in [0.717, 1.165) is 30.8 Å². The summed E-state index contributed by atoms with van der Waals surface area (Å²) in [6.45, 7) is 3.48. The van der Waals surface area contributed by atoms with Gasteiger partial charge in [0.15, 0.2) is 0 Å². The number of rotatable bonds is 4. The summed E-state index contributed by atoms with van der Waals surface area (Å²) < 4.78 is 43.6. The molecule has 2 aromatic carbocycles. The van der Waals surface area contributed by atoms with Crippen LogP contribution in [0.1, 0.15) is 23.7 Å². The topological polar surface area (TPSA) is 71.2 Å². The second-order valence-electron chi connectivity index (χ2n) is 8.12. The Morgan fingerprint density at radius 1 is 1.09 bits per heavy atom. The lowest BCUT2D eigenvalue weighted by molar-refractivity contribution is 0.102. The molecular formula is C24H23F3N4O. The number of aromatic nitrogens is 1. The number of amides is 1. The zero-order valence-electron chi connectivity index (χ0n) is 17.5. The SMILES string of the molecule is C[C@@H]1C[C@H](N)CN(c2ccncc2NC(=O)c2cccc(-c3c(F)cccc3F)c2F)C1. The lowest BCUT2D eigenvalue weighted by Gasteiger charge is -2.37. The molecule has 1 amide bonds. The molecule has 0 unspecified atom stereocenters. The van der Waals surface area contributed by atoms with Gasteiger partial charge in [-0.3, -0.25) is 9.78 Å². The van der Waals surface area contributed by atoms with E-state index >= 15 is 4.39 Å². The lowest BCUT2D eigenvalue weighted by atomic mass is 9.96. The largest absolute Gasteiger partial charge is 0.368 e. The van der Waals surface area contributed by atoms with E-state index in [1.165, 1.54) is 30.5 Å². The van der Waals surface area contributed by atoms with E-state index in [1.807, 2.05) is 0 Å². The van der Waals surface area contributed by atoms with Crippen LogP contribution in [0.25, 0.3) is 11.1 Å². The molecule has 2 heterocycles. The first-order valence-electron chi connectivity index (χ1n) is 10.3. The number of piperidine rings is 1. The molecule has 0 aliphatic carbocycles. The van der Waals surface area contributed by atoms with Crippen molar-refractivity contribution in [2.75, 3.05) is 23.3 Å². The molecule has 0 spiro atoms. The Morgan fingerprint density at radius 2 is 1.81 bits per heavy atom. The van der Waals surface area contributed by atoms with Gasteiger partial charge in [-0.25, -0.2) is 13.2 Å². The molecule has 2 atom stereocenters. The zero-order chi connectivity index (χ0) is 22.8. The first kappa shape index (κ1) is 21.8. The molecule has 1 aromatic heterocycles. The summed E-state index contributed by atoms with van der Waals surface area (Å²) >= 11 is 0. The molecule has 3 N–H and O–H groups in total. The molecular weight excluding hydrogens is 417 g/mol. The van der Waals surface area contributed by atoms with Crippen LogP contribution in [0.4, 0.5) is 24.5 Å². The highest BCUT2D eigenvalue weighted by atomic mass is 19.1. The van der Waals surface area contributed by atoms with Gasteiger partial charge in [-0.15, -0.1) is 0 Å². The minimum atomic E-state index is -1.01. The normalized spacial score (nSPS) is 18.5. The maximum absolute atomic E-state index is 15.2. The van der Waals surface area contributed by atoms with E-state index in [0.29, 0.717) is 18.2 Å². The predicted molar refractivity (Wildman–Crippen MR) is 118 cm³/mol. The Morgan fingerprint density at radius 3 is 2.53 bits per heavy atom. The van der Waals surface area contributed by atoms with E-state index < -0.39 is 28.9 Å². The van der Waals surface area contributed by atoms with Gasteiger partial charge < -0.3 is 16.0 Å². The Bertz CT molecular complexity index is 1120. The van der Waals surface area contributed by atoms with Crippen LogP contribution in [0.5, 0.6) is 0 Å². The molecule has 32 heavy (non-hydrogen) atoms. The number of nitrogens with zero attached hydrogens (tertiary/aromatic N) is 2. The highest BCUT2D eigenvalue weighted by molar-refractivity contribution is 6.06. The number of halogens is 3. The quantitative estimate of drug-likeness (QED) is 0.623. The summed E-state index contributed by atoms with van der Waals surface area (Å²) in [4.78, 5) is 19.1. The summed E-state index contributed by atoms with van der Waals surface area (Å²) in [5.41, 5.74) is 6.12. The van der Waals surface area contributed by atoms with Crippen LogP contribution in [0, 0.1) is 23.4 Å². The third-order valence-corrected chi connectivity index (χ3v) is 5.55. The highest BCUT2D eigenvalue weighted by Crippen LogP contribution is 2.32. The Hall–Kier alpha value is -3.39. The van der Waals surface area contributed by atoms with Gasteiger partial charge in [0, 0.05) is 30.9 Å². The Labute approximate surface area is 184 Å². The van der Waals surface area contributed by atoms with Gasteiger partial charge in [0.05, 0.1) is 28.7 Å². The molecule has 4 rings (SSSR count). The third kappa shape index (κ3) is 4.31. The minimum Gasteiger partial charge on any atom is -0.368 e. The number of nitrogens with two attached hydrogens (primary N) is 1. The third-order valence-electron chi connectivity index (χ3n) is 5.55. The summed E-state index contributed by atoms with van der Waals surface area (Å²) in [5.74, 6) is -3.20. The van der Waals surface area contributed by atoms with Gasteiger partial charge in [0.1, 0.15) is 17.5 Å². The fraction of sp³-hybridized carbons (Fsp3) is 0.250. The van der Waals surface area contributed by atoms with Crippen molar-refractivity contribution >= 4 is 17.3 Å². The molecule has 1 aliphatic heterocycles. The van der Waals surface area contributed by atoms with Crippen LogP contribution in [-0.2, 0) is 0 Å². The van der Waals surface area contributed by atoms with Crippen molar-refractivity contribution < 1.29 is 18.0 Å². The Kier molecular flexibility index (Phi) is 6.14. The summed E-state index contributed by atoms with van der Waals surface area (Å²) in [6.07, 6.45) is 4.00. The molecule has 1 saturated heterocycles. The second kappa shape index (κ2) is 9.00. The van der Waals surface area contributed by atoms with Crippen LogP contribution in [0.15, 0.2) is 54.9 Å². The van der Waals surface area contributed by atoms with Crippen molar-refractivity contribution in [3.05, 3.63) is 77.9 Å². The fourth-order valence-corrected chi connectivity index (χ4v) is 4.20. The van der Waals surface area contributed by atoms with Crippen molar-refractivity contribution in [3.8, 4) is 11.1 Å². The van der Waals surface area contributed by atoms with Gasteiger partial charge >= 0.3 is 0 Å². The maximum Gasteiger partial charge on any atom is 0.258 e. The van der Waals surface area contributed by atoms with Crippen LogP contribution >= 0.6 is 0 Å². The van der Waals surface area contributed by atoms with Crippen molar-refractivity contribution in [1.82, 2.24) is 4.98 Å². The number of benzene rings is 2. The summed E-state index contributed by atoms with van der Waals surface area (Å²) in [6, 6.07) is 8.92. The number of hydrogen-bond acceptors (Lipinski definition) is 4. The monoisotopic (exact) mass is 440 g/mol. The van der Waals surface area contributed by atoms with Crippen LogP contribution in [0.2, 0.25) is 0 Å². The van der Waals surface area contributed by atoms with Crippen LogP contribution < -0.4 is 16.0 Å². The number of hydrogen-bond donors (Lipinski definition) is 2. The number of pyridine rings is 1. The molecule has 3 aromatic rings. The molecule has 0 saturated carbocycles. The van der Waals surface area contributed by atoms with Gasteiger partial charge in [0.2, 0.25) is 0 Å². The van der Waals surface area contributed by atoms with Crippen LogP contribution in [-0.4, -0.2) is 30.0 Å². The smallest absolute Gasteiger partial charge is 0.258 e. The number of nitrogens with one attached hydrogen (secondary N) is 1. The van der Waals surface area contributed by atoms with E-state index in [4.69, 9.17) is 5.73 Å². The van der Waals surface area contributed by atoms with Gasteiger partial charge in [0.25, 0.3) is 5.91 Å². The summed E-state index contributed by atoms with van der Waals surface area (Å²) in [5, 5.41) is 2.69. The molecule has 1 fully saturated rings. The molecule has 8 heteroatoms. The van der Waals surface area contributed by atoms with Crippen molar-refractivity contribution in [2.45, 2.75) is 19.4 Å². The molecule has 0 radical (unpaired) electrons. The zero-order valence-corrected chi connectivity index (χ0v) is 17.5. The van der Waals surface area contributed by atoms with Gasteiger partial charge in [-0.1, -0.05) is 25.1 Å². The van der Waals surface area contributed by atoms with E-state index in [9.17, 15) is 13.6 Å². The predicted octanol–water partition coefficient (Wildman–Crippen LogP) is 4.59. The second-order valence-corrected chi connectivity index (χ2v) is 8.12. The maximum atomic E-state index is 15.2. The molecule has 0 bridgehead atoms.